The Morgan fingerprint density at radius 3 is 1.23 bits per heavy atom. The number of benzene rings is 4. The van der Waals surface area contributed by atoms with Crippen LogP contribution in [-0.4, -0.2) is 5.43 Å². The largest absolute Gasteiger partial charge is 1.00 e. The Balaban J connectivity index is 0.000000246. The van der Waals surface area contributed by atoms with E-state index >= 15 is 0 Å². The van der Waals surface area contributed by atoms with E-state index in [1.54, 1.807) is 34.6 Å². The summed E-state index contributed by atoms with van der Waals surface area (Å²) in [4.78, 5) is 0. The minimum absolute atomic E-state index is 0. The quantitative estimate of drug-likeness (QED) is 0.120. The number of halogens is 1. The molecule has 0 aliphatic rings. The zero-order chi connectivity index (χ0) is 39.2. The van der Waals surface area contributed by atoms with E-state index in [0.717, 1.165) is 5.56 Å². The molecule has 0 heterocycles. The van der Waals surface area contributed by atoms with Crippen LogP contribution in [0, 0.1) is 13.8 Å². The van der Waals surface area contributed by atoms with Gasteiger partial charge in [-0.1, -0.05) is 132 Å². The second-order valence-corrected chi connectivity index (χ2v) is 25.8. The van der Waals surface area contributed by atoms with E-state index < -0.39 is 0 Å². The summed E-state index contributed by atoms with van der Waals surface area (Å²) in [7, 11) is 0. The topological polar surface area (TPSA) is 23.1 Å². The third-order valence-electron chi connectivity index (χ3n) is 9.30. The Labute approximate surface area is 344 Å². The Bertz CT molecular complexity index is 1980. The fourth-order valence-electron chi connectivity index (χ4n) is 5.93. The van der Waals surface area contributed by atoms with Crippen LogP contribution in [0.25, 0.3) is 21.5 Å². The molecule has 0 aromatic heterocycles. The van der Waals surface area contributed by atoms with Gasteiger partial charge in [-0.25, -0.2) is 0 Å². The molecule has 6 rings (SSSR count). The SMILES string of the molecule is CC(C)(C)c1ccc([O-])c(C(C)(C)C)c1.C[Si](=[Zr+2])c1ccccc1.Cc1cc2cc(C(C)(C)C)ccc2[cH-]1.Cc1cc2cc(C(C)(C)C)ccc2[cH-]1.[Cl-]. The monoisotopic (exact) mass is 820 g/mol. The van der Waals surface area contributed by atoms with Crippen molar-refractivity contribution in [3.63, 3.8) is 0 Å². The van der Waals surface area contributed by atoms with Crippen molar-refractivity contribution in [2.24, 2.45) is 0 Å². The first-order valence-corrected chi connectivity index (χ1v) is 24.3. The van der Waals surface area contributed by atoms with Gasteiger partial charge in [-0.2, -0.15) is 12.1 Å². The maximum Gasteiger partial charge on any atom is -0.0148 e. The zero-order valence-corrected chi connectivity index (χ0v) is 39.4. The summed E-state index contributed by atoms with van der Waals surface area (Å²) in [6.07, 6.45) is 0. The van der Waals surface area contributed by atoms with Crippen LogP contribution in [0.3, 0.4) is 0 Å². The van der Waals surface area contributed by atoms with Crippen LogP contribution in [-0.2, 0) is 45.0 Å². The summed E-state index contributed by atoms with van der Waals surface area (Å²) in [6, 6.07) is 39.0. The second-order valence-electron chi connectivity index (χ2n) is 18.5. The van der Waals surface area contributed by atoms with Crippen LogP contribution in [0.4, 0.5) is 0 Å². The third kappa shape index (κ3) is 14.1. The summed E-state index contributed by atoms with van der Waals surface area (Å²) in [5.41, 5.74) is 8.08. The molecule has 0 aliphatic heterocycles. The summed E-state index contributed by atoms with van der Waals surface area (Å²) < 4.78 is 0. The Morgan fingerprint density at radius 2 is 0.887 bits per heavy atom. The molecule has 0 bridgehead atoms. The number of fused-ring (bicyclic) bond motifs is 2. The number of aryl methyl sites for hydroxylation is 2. The van der Waals surface area contributed by atoms with Gasteiger partial charge < -0.3 is 17.5 Å². The molecule has 0 saturated carbocycles. The van der Waals surface area contributed by atoms with Crippen molar-refractivity contribution < 1.29 is 40.8 Å². The van der Waals surface area contributed by atoms with E-state index in [2.05, 4.69) is 201 Å². The van der Waals surface area contributed by atoms with Crippen molar-refractivity contribution in [1.29, 1.82) is 0 Å². The number of rotatable bonds is 1. The second kappa shape index (κ2) is 18.8. The number of hydrogen-bond acceptors (Lipinski definition) is 1. The van der Waals surface area contributed by atoms with Crippen LogP contribution < -0.4 is 22.7 Å². The normalized spacial score (nSPS) is 11.7. The van der Waals surface area contributed by atoms with E-state index in [9.17, 15) is 5.11 Å². The van der Waals surface area contributed by atoms with Gasteiger partial charge in [0.25, 0.3) is 0 Å². The van der Waals surface area contributed by atoms with Crippen LogP contribution in [0.15, 0.2) is 109 Å². The summed E-state index contributed by atoms with van der Waals surface area (Å²) in [6.45, 7) is 32.9. The van der Waals surface area contributed by atoms with Crippen molar-refractivity contribution in [3.8, 4) is 5.75 Å². The molecule has 0 N–H and O–H groups in total. The summed E-state index contributed by atoms with van der Waals surface area (Å²) in [5, 5.41) is 18.8. The van der Waals surface area contributed by atoms with E-state index in [1.807, 2.05) is 6.07 Å². The molecule has 6 aromatic carbocycles. The standard InChI is InChI=1S/C14H22O.2C14H17.C7H8Si.ClH.Zr/c1-13(2,3)10-7-8-12(15)11(9-10)14(4,5)6;2*1-10-7-11-5-6-13(14(2,3)4)9-12(11)8-10;1-8-7-5-3-2-4-6-7;;/h7-9,15H,1-6H3;2*5-9H,1-4H3;2-6H,1H3;1H;/q;2*-1;;;+2/p-2. The third-order valence-corrected chi connectivity index (χ3v) is 12.6. The van der Waals surface area contributed by atoms with Crippen LogP contribution >= 0.6 is 0 Å². The van der Waals surface area contributed by atoms with Crippen LogP contribution in [0.5, 0.6) is 5.75 Å². The van der Waals surface area contributed by atoms with E-state index in [4.69, 9.17) is 0 Å². The molecule has 53 heavy (non-hydrogen) atoms. The maximum atomic E-state index is 11.7. The van der Waals surface area contributed by atoms with Gasteiger partial charge in [0.1, 0.15) is 0 Å². The molecule has 282 valence electrons. The van der Waals surface area contributed by atoms with Gasteiger partial charge in [-0.15, -0.1) is 87.0 Å². The summed E-state index contributed by atoms with van der Waals surface area (Å²) >= 11 is 1.69. The molecule has 1 nitrogen and oxygen atoms in total. The predicted molar refractivity (Wildman–Crippen MR) is 227 cm³/mol. The first kappa shape index (κ1) is 46.4. The van der Waals surface area contributed by atoms with Crippen molar-refractivity contribution in [1.82, 2.24) is 0 Å². The van der Waals surface area contributed by atoms with E-state index in [-0.39, 0.29) is 45.3 Å². The molecule has 0 spiro atoms. The fourth-order valence-corrected chi connectivity index (χ4v) is 7.85. The Kier molecular flexibility index (Phi) is 16.4. The Hall–Kier alpha value is -2.71. The first-order valence-electron chi connectivity index (χ1n) is 18.6. The van der Waals surface area contributed by atoms with Gasteiger partial charge in [-0.3, -0.25) is 0 Å². The van der Waals surface area contributed by atoms with Gasteiger partial charge in [0.2, 0.25) is 0 Å². The minimum Gasteiger partial charge on any atom is -1.00 e. The average Bonchev–Trinajstić information content (AvgIpc) is 3.60. The van der Waals surface area contributed by atoms with Gasteiger partial charge >= 0.3 is 70.8 Å². The number of hydrogen-bond donors (Lipinski definition) is 0. The van der Waals surface area contributed by atoms with E-state index in [1.165, 1.54) is 49.4 Å². The zero-order valence-electron chi connectivity index (χ0n) is 35.2. The predicted octanol–water partition coefficient (Wildman–Crippen LogP) is 9.75. The van der Waals surface area contributed by atoms with Crippen molar-refractivity contribution in [2.75, 3.05) is 0 Å². The molecule has 0 saturated heterocycles. The molecular weight excluding hydrogens is 759 g/mol. The van der Waals surface area contributed by atoms with E-state index in [0.29, 0.717) is 0 Å². The van der Waals surface area contributed by atoms with Crippen LogP contribution in [0.2, 0.25) is 6.55 Å². The van der Waals surface area contributed by atoms with Crippen molar-refractivity contribution >= 4 is 32.2 Å². The summed E-state index contributed by atoms with van der Waals surface area (Å²) in [5.74, 6) is 0.149. The molecule has 0 aliphatic carbocycles. The van der Waals surface area contributed by atoms with Gasteiger partial charge in [0, 0.05) is 0 Å². The molecule has 0 fully saturated rings. The average molecular weight is 823 g/mol. The maximum absolute atomic E-state index is 11.7. The molecule has 0 amide bonds. The fraction of sp³-hybridized carbons (Fsp3) is 0.388. The molecule has 0 atom stereocenters. The molecule has 4 heteroatoms. The molecular formula is C49H63ClOSiZr-2. The van der Waals surface area contributed by atoms with Crippen LogP contribution in [0.1, 0.15) is 116 Å². The molecule has 6 aromatic rings. The molecule has 0 radical (unpaired) electrons. The van der Waals surface area contributed by atoms with Crippen molar-refractivity contribution in [2.45, 2.75) is 125 Å². The Morgan fingerprint density at radius 1 is 0.509 bits per heavy atom. The smallest absolute Gasteiger partial charge is 0.0148 e. The molecule has 0 unspecified atom stereocenters. The van der Waals surface area contributed by atoms with Gasteiger partial charge in [-0.05, 0) is 27.2 Å². The van der Waals surface area contributed by atoms with Gasteiger partial charge in [0.05, 0.1) is 0 Å². The van der Waals surface area contributed by atoms with Gasteiger partial charge in [0.15, 0.2) is 0 Å². The van der Waals surface area contributed by atoms with Crippen molar-refractivity contribution in [3.05, 3.63) is 143 Å². The minimum atomic E-state index is -0.122. The first-order chi connectivity index (χ1) is 23.9.